The predicted octanol–water partition coefficient (Wildman–Crippen LogP) is 2.73. The van der Waals surface area contributed by atoms with Crippen LogP contribution in [-0.4, -0.2) is 67.3 Å². The topological polar surface area (TPSA) is 130 Å². The zero-order valence-corrected chi connectivity index (χ0v) is 21.8. The van der Waals surface area contributed by atoms with Gasteiger partial charge in [-0.15, -0.1) is 0 Å². The molecule has 200 valence electrons. The summed E-state index contributed by atoms with van der Waals surface area (Å²) in [6.45, 7) is 4.51. The molecule has 2 aromatic rings. The van der Waals surface area contributed by atoms with Gasteiger partial charge in [-0.1, -0.05) is 12.1 Å². The van der Waals surface area contributed by atoms with Crippen LogP contribution in [0.5, 0.6) is 23.0 Å². The van der Waals surface area contributed by atoms with Crippen LogP contribution in [0.15, 0.2) is 42.5 Å². The number of unbranched alkanes of at least 4 members (excludes halogenated alkanes) is 1. The van der Waals surface area contributed by atoms with Gasteiger partial charge in [0.2, 0.25) is 5.91 Å². The van der Waals surface area contributed by atoms with Gasteiger partial charge in [0.05, 0.1) is 19.6 Å². The second-order valence-electron chi connectivity index (χ2n) is 9.34. The molecule has 0 aromatic heterocycles. The molecule has 37 heavy (non-hydrogen) atoms. The maximum atomic E-state index is 13.5. The third kappa shape index (κ3) is 6.74. The Balaban J connectivity index is 1.68. The van der Waals surface area contributed by atoms with Gasteiger partial charge in [-0.2, -0.15) is 0 Å². The first-order valence-electron chi connectivity index (χ1n) is 12.4. The second-order valence-corrected chi connectivity index (χ2v) is 9.34. The summed E-state index contributed by atoms with van der Waals surface area (Å²) in [7, 11) is 2.52. The molecule has 1 fully saturated rings. The van der Waals surface area contributed by atoms with Crippen molar-refractivity contribution in [2.24, 2.45) is 0 Å². The maximum Gasteiger partial charge on any atom is 0.373 e. The highest BCUT2D eigenvalue weighted by Crippen LogP contribution is 2.39. The summed E-state index contributed by atoms with van der Waals surface area (Å²) in [6.07, 6.45) is 2.33. The van der Waals surface area contributed by atoms with E-state index in [0.717, 1.165) is 12.0 Å². The Hall–Kier alpha value is -3.28. The minimum atomic E-state index is -0.802. The lowest BCUT2D eigenvalue weighted by molar-refractivity contribution is -0.144. The van der Waals surface area contributed by atoms with E-state index in [4.69, 9.17) is 14.2 Å². The van der Waals surface area contributed by atoms with Crippen LogP contribution in [0.25, 0.3) is 0 Å². The summed E-state index contributed by atoms with van der Waals surface area (Å²) >= 11 is 0. The Bertz CT molecular complexity index is 1070. The number of methoxy groups -OCH3 is 2. The van der Waals surface area contributed by atoms with Crippen LogP contribution >= 0.6 is 0 Å². The van der Waals surface area contributed by atoms with E-state index in [1.807, 2.05) is 19.1 Å². The van der Waals surface area contributed by atoms with Crippen molar-refractivity contribution in [2.45, 2.75) is 50.9 Å². The normalized spacial score (nSPS) is 17.9. The van der Waals surface area contributed by atoms with Crippen molar-refractivity contribution in [3.8, 4) is 23.0 Å². The van der Waals surface area contributed by atoms with Crippen molar-refractivity contribution < 1.29 is 34.0 Å². The van der Waals surface area contributed by atoms with E-state index in [2.05, 4.69) is 5.23 Å². The molecule has 0 radical (unpaired) electrons. The first-order valence-corrected chi connectivity index (χ1v) is 12.4. The summed E-state index contributed by atoms with van der Waals surface area (Å²) in [4.78, 5) is 27.5. The Morgan fingerprint density at radius 3 is 2.41 bits per heavy atom. The summed E-state index contributed by atoms with van der Waals surface area (Å²) in [5.41, 5.74) is 1.73. The maximum absolute atomic E-state index is 13.5. The van der Waals surface area contributed by atoms with E-state index >= 15 is 0 Å². The fourth-order valence-corrected chi connectivity index (χ4v) is 4.62. The number of rotatable bonds is 13. The molecule has 3 rings (SSSR count). The summed E-state index contributed by atoms with van der Waals surface area (Å²) in [5.74, 6) is 1.59. The molecular formula is C26H36BN3O7. The molecule has 1 aliphatic heterocycles. The van der Waals surface area contributed by atoms with Crippen molar-refractivity contribution in [1.29, 1.82) is 0 Å². The molecule has 4 N–H and O–H groups in total. The molecule has 1 saturated heterocycles. The average molecular weight is 513 g/mol. The van der Waals surface area contributed by atoms with E-state index in [1.54, 1.807) is 61.8 Å². The molecule has 11 heteroatoms. The number of carbonyl (C=O) groups is 2. The van der Waals surface area contributed by atoms with Crippen LogP contribution in [0.2, 0.25) is 6.82 Å². The zero-order valence-electron chi connectivity index (χ0n) is 21.8. The number of nitrogens with one attached hydrogen (secondary N) is 2. The van der Waals surface area contributed by atoms with Gasteiger partial charge in [-0.3, -0.25) is 14.8 Å². The third-order valence-corrected chi connectivity index (χ3v) is 6.80. The van der Waals surface area contributed by atoms with Crippen molar-refractivity contribution in [3.05, 3.63) is 48.0 Å². The Morgan fingerprint density at radius 2 is 1.78 bits per heavy atom. The highest BCUT2D eigenvalue weighted by molar-refractivity contribution is 6.45. The number of amides is 2. The van der Waals surface area contributed by atoms with Gasteiger partial charge < -0.3 is 29.4 Å². The fourth-order valence-electron chi connectivity index (χ4n) is 4.62. The van der Waals surface area contributed by atoms with E-state index < -0.39 is 24.4 Å². The molecule has 2 atom stereocenters. The number of carbonyl (C=O) groups excluding carboxylic acids is 2. The third-order valence-electron chi connectivity index (χ3n) is 6.80. The van der Waals surface area contributed by atoms with E-state index in [0.29, 0.717) is 55.4 Å². The molecule has 1 aliphatic rings. The molecule has 2 aromatic carbocycles. The van der Waals surface area contributed by atoms with Crippen molar-refractivity contribution in [2.75, 3.05) is 27.3 Å². The van der Waals surface area contributed by atoms with Crippen molar-refractivity contribution in [1.82, 2.24) is 15.6 Å². The highest BCUT2D eigenvalue weighted by Gasteiger charge is 2.47. The van der Waals surface area contributed by atoms with Crippen molar-refractivity contribution in [3.63, 3.8) is 0 Å². The van der Waals surface area contributed by atoms with E-state index in [1.165, 1.54) is 0 Å². The number of likely N-dealkylation sites (tertiary alicyclic amines) is 1. The number of ether oxygens (including phenoxy) is 3. The average Bonchev–Trinajstić information content (AvgIpc) is 3.20. The molecule has 0 spiro atoms. The fraction of sp³-hybridized carbons (Fsp3) is 0.462. The lowest BCUT2D eigenvalue weighted by Crippen LogP contribution is -2.49. The number of hydroxylamine groups is 1. The van der Waals surface area contributed by atoms with Crippen LogP contribution in [0.1, 0.15) is 38.2 Å². The monoisotopic (exact) mass is 513 g/mol. The predicted molar refractivity (Wildman–Crippen MR) is 139 cm³/mol. The van der Waals surface area contributed by atoms with Gasteiger partial charge in [0.15, 0.2) is 11.5 Å². The van der Waals surface area contributed by atoms with Crippen molar-refractivity contribution >= 4 is 18.9 Å². The SMILES string of the molecule is COc1ccc(Oc2ccc([C@]3(C)CCN([C@H](CCCCNB(C)O)C(=O)NO)C3=O)cc2)cc1OC. The van der Waals surface area contributed by atoms with Gasteiger partial charge in [0.1, 0.15) is 17.5 Å². The summed E-state index contributed by atoms with van der Waals surface area (Å²) in [5, 5.41) is 21.5. The standard InChI is InChI=1S/C26H36BN3O7/c1-26(14-16-30(25(26)32)21(24(31)29-34)7-5-6-15-28-27(2)33)18-8-10-19(11-9-18)37-20-12-13-22(35-3)23(17-20)36-4/h8-13,17,21,28,33-34H,5-7,14-16H2,1-4H3,(H,29,31)/t21-,26+/m1/s1. The van der Waals surface area contributed by atoms with Crippen LogP contribution in [0.3, 0.4) is 0 Å². The van der Waals surface area contributed by atoms with Gasteiger partial charge in [-0.05, 0) is 75.8 Å². The van der Waals surface area contributed by atoms with Gasteiger partial charge >= 0.3 is 7.05 Å². The first-order chi connectivity index (χ1) is 17.7. The van der Waals surface area contributed by atoms with Crippen LogP contribution in [0.4, 0.5) is 0 Å². The highest BCUT2D eigenvalue weighted by atomic mass is 16.5. The molecule has 1 heterocycles. The molecule has 2 amide bonds. The Kier molecular flexibility index (Phi) is 9.79. The lowest BCUT2D eigenvalue weighted by atomic mass is 9.81. The van der Waals surface area contributed by atoms with Crippen LogP contribution in [0, 0.1) is 0 Å². The first kappa shape index (κ1) is 28.3. The lowest BCUT2D eigenvalue weighted by Gasteiger charge is -2.29. The summed E-state index contributed by atoms with van der Waals surface area (Å²) < 4.78 is 16.5. The molecule has 0 unspecified atom stereocenters. The molecule has 10 nitrogen and oxygen atoms in total. The number of nitrogens with zero attached hydrogens (tertiary/aromatic N) is 1. The minimum absolute atomic E-state index is 0.156. The van der Waals surface area contributed by atoms with Crippen LogP contribution < -0.4 is 24.9 Å². The smallest absolute Gasteiger partial charge is 0.373 e. The molecule has 0 aliphatic carbocycles. The second kappa shape index (κ2) is 12.8. The minimum Gasteiger partial charge on any atom is -0.493 e. The largest absolute Gasteiger partial charge is 0.493 e. The van der Waals surface area contributed by atoms with Gasteiger partial charge in [0.25, 0.3) is 5.91 Å². The quantitative estimate of drug-likeness (QED) is 0.139. The molecule has 0 bridgehead atoms. The molecular weight excluding hydrogens is 477 g/mol. The zero-order chi connectivity index (χ0) is 27.0. The van der Waals surface area contributed by atoms with Crippen LogP contribution in [-0.2, 0) is 15.0 Å². The number of hydrogen-bond acceptors (Lipinski definition) is 8. The summed E-state index contributed by atoms with van der Waals surface area (Å²) in [6, 6.07) is 11.8. The van der Waals surface area contributed by atoms with E-state index in [-0.39, 0.29) is 5.91 Å². The molecule has 0 saturated carbocycles. The number of hydrogen-bond donors (Lipinski definition) is 4. The Labute approximate surface area is 218 Å². The Morgan fingerprint density at radius 1 is 1.11 bits per heavy atom. The van der Waals surface area contributed by atoms with Gasteiger partial charge in [-0.25, -0.2) is 5.48 Å². The number of benzene rings is 2. The van der Waals surface area contributed by atoms with E-state index in [9.17, 15) is 19.8 Å². The van der Waals surface area contributed by atoms with Gasteiger partial charge in [0, 0.05) is 12.6 Å².